The van der Waals surface area contributed by atoms with Crippen molar-refractivity contribution < 1.29 is 0 Å². The number of aromatic nitrogens is 1. The first-order valence-electron chi connectivity index (χ1n) is 8.01. The molecule has 134 valence electrons. The molecule has 0 aliphatic heterocycles. The van der Waals surface area contributed by atoms with E-state index >= 15 is 0 Å². The minimum Gasteiger partial charge on any atom is -0.354 e. The molecule has 0 bridgehead atoms. The maximum absolute atomic E-state index is 4.56. The van der Waals surface area contributed by atoms with Crippen LogP contribution in [0.5, 0.6) is 0 Å². The summed E-state index contributed by atoms with van der Waals surface area (Å²) in [6, 6.07) is 0.428. The van der Waals surface area contributed by atoms with E-state index in [4.69, 9.17) is 0 Å². The first-order chi connectivity index (χ1) is 10.4. The van der Waals surface area contributed by atoms with Crippen molar-refractivity contribution in [2.45, 2.75) is 52.6 Å². The Morgan fingerprint density at radius 3 is 2.52 bits per heavy atom. The Kier molecular flexibility index (Phi) is 11.6. The van der Waals surface area contributed by atoms with Gasteiger partial charge in [-0.05, 0) is 19.3 Å². The average molecular weight is 453 g/mol. The third-order valence-corrected chi connectivity index (χ3v) is 4.44. The predicted octanol–water partition coefficient (Wildman–Crippen LogP) is 3.71. The second-order valence-electron chi connectivity index (χ2n) is 6.31. The minimum absolute atomic E-state index is 0. The van der Waals surface area contributed by atoms with Gasteiger partial charge in [-0.3, -0.25) is 4.99 Å². The van der Waals surface area contributed by atoms with Gasteiger partial charge in [0.2, 0.25) is 0 Å². The lowest BCUT2D eigenvalue weighted by atomic mass is 10.0. The lowest BCUT2D eigenvalue weighted by Crippen LogP contribution is -2.41. The van der Waals surface area contributed by atoms with Gasteiger partial charge >= 0.3 is 0 Å². The molecule has 23 heavy (non-hydrogen) atoms. The van der Waals surface area contributed by atoms with Gasteiger partial charge in [-0.25, -0.2) is 4.98 Å². The van der Waals surface area contributed by atoms with Crippen molar-refractivity contribution >= 4 is 46.4 Å². The molecule has 1 aromatic rings. The number of aliphatic imine (C=N–C) groups is 1. The van der Waals surface area contributed by atoms with Crippen molar-refractivity contribution in [2.75, 3.05) is 26.0 Å². The summed E-state index contributed by atoms with van der Waals surface area (Å²) in [6.45, 7) is 7.45. The fraction of sp³-hybridized carbons (Fsp3) is 0.750. The van der Waals surface area contributed by atoms with Gasteiger partial charge in [0.25, 0.3) is 0 Å². The minimum atomic E-state index is 0. The van der Waals surface area contributed by atoms with Gasteiger partial charge < -0.3 is 15.5 Å². The lowest BCUT2D eigenvalue weighted by Gasteiger charge is -2.18. The molecule has 1 unspecified atom stereocenters. The smallest absolute Gasteiger partial charge is 0.191 e. The number of guanidine groups is 1. The quantitative estimate of drug-likeness (QED) is 0.358. The number of hydrogen-bond donors (Lipinski definition) is 2. The summed E-state index contributed by atoms with van der Waals surface area (Å²) in [5.74, 6) is 1.62. The number of anilines is 1. The van der Waals surface area contributed by atoms with Crippen LogP contribution in [0, 0.1) is 5.92 Å². The van der Waals surface area contributed by atoms with Crippen LogP contribution in [0.1, 0.15) is 45.7 Å². The summed E-state index contributed by atoms with van der Waals surface area (Å²) < 4.78 is 0. The van der Waals surface area contributed by atoms with Crippen molar-refractivity contribution in [3.05, 3.63) is 11.1 Å². The first-order valence-corrected chi connectivity index (χ1v) is 8.89. The third-order valence-electron chi connectivity index (χ3n) is 3.38. The van der Waals surface area contributed by atoms with Gasteiger partial charge in [0.15, 0.2) is 11.1 Å². The Bertz CT molecular complexity index is 459. The normalized spacial score (nSPS) is 12.7. The molecule has 0 spiro atoms. The van der Waals surface area contributed by atoms with Crippen LogP contribution in [0.15, 0.2) is 10.4 Å². The number of thiazole rings is 1. The summed E-state index contributed by atoms with van der Waals surface area (Å²) in [5.41, 5.74) is 1.05. The van der Waals surface area contributed by atoms with Crippen LogP contribution >= 0.6 is 35.3 Å². The number of rotatable bonds is 8. The van der Waals surface area contributed by atoms with Gasteiger partial charge in [0, 0.05) is 32.6 Å². The fourth-order valence-corrected chi connectivity index (χ4v) is 2.85. The molecule has 0 radical (unpaired) electrons. The van der Waals surface area contributed by atoms with Crippen LogP contribution in [-0.2, 0) is 6.54 Å². The zero-order valence-electron chi connectivity index (χ0n) is 15.2. The highest BCUT2D eigenvalue weighted by molar-refractivity contribution is 14.0. The number of halogens is 1. The van der Waals surface area contributed by atoms with Gasteiger partial charge in [-0.1, -0.05) is 26.7 Å². The van der Waals surface area contributed by atoms with E-state index in [1.54, 1.807) is 11.3 Å². The summed E-state index contributed by atoms with van der Waals surface area (Å²) in [7, 11) is 5.83. The van der Waals surface area contributed by atoms with Crippen LogP contribution in [0.2, 0.25) is 0 Å². The topological polar surface area (TPSA) is 52.6 Å². The molecular weight excluding hydrogens is 421 g/mol. The Morgan fingerprint density at radius 1 is 1.30 bits per heavy atom. The third kappa shape index (κ3) is 9.34. The summed E-state index contributed by atoms with van der Waals surface area (Å²) in [6.07, 6.45) is 3.70. The van der Waals surface area contributed by atoms with Gasteiger partial charge in [0.05, 0.1) is 12.2 Å². The Hall–Kier alpha value is -0.570. The second-order valence-corrected chi connectivity index (χ2v) is 7.15. The van der Waals surface area contributed by atoms with Crippen LogP contribution < -0.4 is 15.5 Å². The molecule has 5 nitrogen and oxygen atoms in total. The summed E-state index contributed by atoms with van der Waals surface area (Å²) in [5, 5.41) is 9.89. The highest BCUT2D eigenvalue weighted by Crippen LogP contribution is 2.17. The maximum Gasteiger partial charge on any atom is 0.191 e. The molecule has 1 heterocycles. The molecule has 0 fully saturated rings. The Morgan fingerprint density at radius 2 is 2.00 bits per heavy atom. The van der Waals surface area contributed by atoms with E-state index < -0.39 is 0 Å². The van der Waals surface area contributed by atoms with Crippen molar-refractivity contribution in [2.24, 2.45) is 10.9 Å². The van der Waals surface area contributed by atoms with Crippen molar-refractivity contribution in [3.63, 3.8) is 0 Å². The first kappa shape index (κ1) is 22.4. The zero-order chi connectivity index (χ0) is 16.5. The molecule has 1 rings (SSSR count). The lowest BCUT2D eigenvalue weighted by molar-refractivity contribution is 0.491. The van der Waals surface area contributed by atoms with Crippen molar-refractivity contribution in [3.8, 4) is 0 Å². The van der Waals surface area contributed by atoms with Crippen LogP contribution in [0.3, 0.4) is 0 Å². The maximum atomic E-state index is 4.56. The molecule has 0 aliphatic rings. The summed E-state index contributed by atoms with van der Waals surface area (Å²) >= 11 is 1.66. The van der Waals surface area contributed by atoms with E-state index in [-0.39, 0.29) is 24.0 Å². The van der Waals surface area contributed by atoms with Crippen LogP contribution in [-0.4, -0.2) is 38.1 Å². The van der Waals surface area contributed by atoms with E-state index in [1.807, 2.05) is 26.0 Å². The average Bonchev–Trinajstić information content (AvgIpc) is 2.92. The Balaban J connectivity index is 0.00000484. The van der Waals surface area contributed by atoms with Crippen molar-refractivity contribution in [1.29, 1.82) is 0 Å². The number of nitrogens with zero attached hydrogens (tertiary/aromatic N) is 3. The standard InChI is InChI=1S/C16H31N5S.HI/c1-12(2)8-7-9-13(3)19-15(17-4)18-10-14-11-22-16(20-14)21(5)6;/h11-13H,7-10H2,1-6H3,(H2,17,18,19);1H. The highest BCUT2D eigenvalue weighted by Gasteiger charge is 2.07. The molecule has 0 aromatic carbocycles. The monoisotopic (exact) mass is 453 g/mol. The molecule has 0 amide bonds. The van der Waals surface area contributed by atoms with Gasteiger partial charge in [-0.15, -0.1) is 35.3 Å². The molecular formula is C16H32IN5S. The van der Waals surface area contributed by atoms with Gasteiger partial charge in [0.1, 0.15) is 0 Å². The van der Waals surface area contributed by atoms with E-state index in [1.165, 1.54) is 19.3 Å². The Labute approximate surface area is 162 Å². The fourth-order valence-electron chi connectivity index (χ4n) is 2.09. The van der Waals surface area contributed by atoms with E-state index in [2.05, 4.69) is 46.8 Å². The molecule has 0 aliphatic carbocycles. The molecule has 1 aromatic heterocycles. The SMILES string of the molecule is CN=C(NCc1csc(N(C)C)n1)NC(C)CCCC(C)C.I. The van der Waals surface area contributed by atoms with E-state index in [9.17, 15) is 0 Å². The molecule has 7 heteroatoms. The molecule has 1 atom stereocenters. The summed E-state index contributed by atoms with van der Waals surface area (Å²) in [4.78, 5) is 10.9. The zero-order valence-corrected chi connectivity index (χ0v) is 18.4. The van der Waals surface area contributed by atoms with E-state index in [0.29, 0.717) is 12.6 Å². The predicted molar refractivity (Wildman–Crippen MR) is 113 cm³/mol. The molecule has 2 N–H and O–H groups in total. The molecule has 0 saturated carbocycles. The molecule has 0 saturated heterocycles. The highest BCUT2D eigenvalue weighted by atomic mass is 127. The van der Waals surface area contributed by atoms with E-state index in [0.717, 1.165) is 22.7 Å². The van der Waals surface area contributed by atoms with Crippen LogP contribution in [0.4, 0.5) is 5.13 Å². The van der Waals surface area contributed by atoms with Crippen molar-refractivity contribution in [1.82, 2.24) is 15.6 Å². The largest absolute Gasteiger partial charge is 0.354 e. The second kappa shape index (κ2) is 11.9. The van der Waals surface area contributed by atoms with Gasteiger partial charge in [-0.2, -0.15) is 0 Å². The van der Waals surface area contributed by atoms with Crippen LogP contribution in [0.25, 0.3) is 0 Å². The number of hydrogen-bond acceptors (Lipinski definition) is 4. The number of nitrogens with one attached hydrogen (secondary N) is 2.